The van der Waals surface area contributed by atoms with Gasteiger partial charge in [0.1, 0.15) is 11.6 Å². The standard InChI is InChI=1S/C18H16BrN3O3/c19-11-6-7-14-12(9-11)15(16(25-14)18(21)24)22-13(17(20)23)8-10-4-2-1-3-5-10/h1-7,9,13,22H,8H2,(H2,20,23)(H2,21,24)/t13-/m0/s1. The molecule has 0 aliphatic carbocycles. The monoisotopic (exact) mass is 401 g/mol. The number of carbonyl (C=O) groups is 2. The number of primary amides is 2. The minimum Gasteiger partial charge on any atom is -0.449 e. The molecule has 25 heavy (non-hydrogen) atoms. The molecule has 2 aromatic carbocycles. The minimum atomic E-state index is -0.724. The first kappa shape index (κ1) is 17.0. The molecule has 0 fully saturated rings. The molecular formula is C18H16BrN3O3. The Labute approximate surface area is 152 Å². The van der Waals surface area contributed by atoms with E-state index in [9.17, 15) is 9.59 Å². The van der Waals surface area contributed by atoms with E-state index in [-0.39, 0.29) is 5.76 Å². The maximum Gasteiger partial charge on any atom is 0.286 e. The highest BCUT2D eigenvalue weighted by molar-refractivity contribution is 9.10. The van der Waals surface area contributed by atoms with Crippen molar-refractivity contribution in [1.82, 2.24) is 0 Å². The number of nitrogens with one attached hydrogen (secondary N) is 1. The van der Waals surface area contributed by atoms with Crippen LogP contribution in [0.25, 0.3) is 11.0 Å². The van der Waals surface area contributed by atoms with E-state index in [2.05, 4.69) is 21.2 Å². The molecule has 0 aliphatic rings. The van der Waals surface area contributed by atoms with Gasteiger partial charge < -0.3 is 21.2 Å². The van der Waals surface area contributed by atoms with Crippen molar-refractivity contribution in [3.05, 3.63) is 64.3 Å². The third kappa shape index (κ3) is 3.66. The quantitative estimate of drug-likeness (QED) is 0.589. The van der Waals surface area contributed by atoms with E-state index in [1.807, 2.05) is 30.3 Å². The topological polar surface area (TPSA) is 111 Å². The molecule has 1 heterocycles. The number of benzene rings is 2. The van der Waals surface area contributed by atoms with Crippen LogP contribution in [-0.2, 0) is 11.2 Å². The highest BCUT2D eigenvalue weighted by Crippen LogP contribution is 2.33. The van der Waals surface area contributed by atoms with Crippen molar-refractivity contribution in [1.29, 1.82) is 0 Å². The van der Waals surface area contributed by atoms with Gasteiger partial charge in [-0.2, -0.15) is 0 Å². The Balaban J connectivity index is 2.01. The van der Waals surface area contributed by atoms with Gasteiger partial charge in [0.05, 0.1) is 5.69 Å². The van der Waals surface area contributed by atoms with Gasteiger partial charge in [0.25, 0.3) is 5.91 Å². The van der Waals surface area contributed by atoms with Gasteiger partial charge in [-0.3, -0.25) is 9.59 Å². The van der Waals surface area contributed by atoms with Gasteiger partial charge >= 0.3 is 0 Å². The molecule has 7 heteroatoms. The third-order valence-corrected chi connectivity index (χ3v) is 4.31. The van der Waals surface area contributed by atoms with Gasteiger partial charge in [-0.15, -0.1) is 0 Å². The molecule has 1 aromatic heterocycles. The molecule has 0 aliphatic heterocycles. The Kier molecular flexibility index (Phi) is 4.76. The summed E-state index contributed by atoms with van der Waals surface area (Å²) in [5.74, 6) is -1.30. The molecule has 2 amide bonds. The van der Waals surface area contributed by atoms with Crippen LogP contribution in [0.15, 0.2) is 57.4 Å². The van der Waals surface area contributed by atoms with E-state index < -0.39 is 17.9 Å². The number of fused-ring (bicyclic) bond motifs is 1. The number of nitrogens with two attached hydrogens (primary N) is 2. The van der Waals surface area contributed by atoms with Gasteiger partial charge in [0.15, 0.2) is 0 Å². The first-order valence-corrected chi connectivity index (χ1v) is 8.36. The number of furan rings is 1. The van der Waals surface area contributed by atoms with Gasteiger partial charge in [-0.25, -0.2) is 0 Å². The zero-order valence-electron chi connectivity index (χ0n) is 13.2. The third-order valence-electron chi connectivity index (χ3n) is 3.82. The lowest BCUT2D eigenvalue weighted by Crippen LogP contribution is -2.37. The Hall–Kier alpha value is -2.80. The predicted octanol–water partition coefficient (Wildman–Crippen LogP) is 2.80. The van der Waals surface area contributed by atoms with E-state index in [1.54, 1.807) is 18.2 Å². The highest BCUT2D eigenvalue weighted by Gasteiger charge is 2.24. The number of rotatable bonds is 6. The summed E-state index contributed by atoms with van der Waals surface area (Å²) >= 11 is 3.38. The van der Waals surface area contributed by atoms with E-state index in [0.29, 0.717) is 23.1 Å². The van der Waals surface area contributed by atoms with Gasteiger partial charge in [0, 0.05) is 16.3 Å². The largest absolute Gasteiger partial charge is 0.449 e. The second kappa shape index (κ2) is 6.98. The molecule has 3 aromatic rings. The van der Waals surface area contributed by atoms with Crippen molar-refractivity contribution >= 4 is 44.4 Å². The van der Waals surface area contributed by atoms with E-state index in [1.165, 1.54) is 0 Å². The Morgan fingerprint density at radius 1 is 1.12 bits per heavy atom. The van der Waals surface area contributed by atoms with Crippen LogP contribution in [-0.4, -0.2) is 17.9 Å². The molecule has 0 spiro atoms. The summed E-state index contributed by atoms with van der Waals surface area (Å²) in [7, 11) is 0. The Bertz CT molecular complexity index is 937. The summed E-state index contributed by atoms with van der Waals surface area (Å²) in [4.78, 5) is 23.7. The lowest BCUT2D eigenvalue weighted by Gasteiger charge is -2.16. The maximum atomic E-state index is 11.9. The molecule has 5 N–H and O–H groups in total. The number of anilines is 1. The van der Waals surface area contributed by atoms with Gasteiger partial charge in [-0.1, -0.05) is 46.3 Å². The Morgan fingerprint density at radius 3 is 2.48 bits per heavy atom. The number of hydrogen-bond donors (Lipinski definition) is 3. The lowest BCUT2D eigenvalue weighted by molar-refractivity contribution is -0.118. The SMILES string of the molecule is NC(=O)c1oc2ccc(Br)cc2c1N[C@@H](Cc1ccccc1)C(N)=O. The zero-order valence-corrected chi connectivity index (χ0v) is 14.7. The predicted molar refractivity (Wildman–Crippen MR) is 99.2 cm³/mol. The fourth-order valence-electron chi connectivity index (χ4n) is 2.63. The van der Waals surface area contributed by atoms with Crippen LogP contribution in [0, 0.1) is 0 Å². The van der Waals surface area contributed by atoms with Crippen molar-refractivity contribution in [2.45, 2.75) is 12.5 Å². The summed E-state index contributed by atoms with van der Waals surface area (Å²) in [5.41, 5.74) is 12.8. The summed E-state index contributed by atoms with van der Waals surface area (Å²) < 4.78 is 6.34. The Morgan fingerprint density at radius 2 is 1.84 bits per heavy atom. The molecule has 3 rings (SSSR count). The van der Waals surface area contributed by atoms with Crippen molar-refractivity contribution in [3.8, 4) is 0 Å². The van der Waals surface area contributed by atoms with Crippen LogP contribution in [0.1, 0.15) is 16.1 Å². The zero-order chi connectivity index (χ0) is 18.0. The normalized spacial score (nSPS) is 12.0. The molecule has 1 atom stereocenters. The van der Waals surface area contributed by atoms with Crippen LogP contribution in [0.2, 0.25) is 0 Å². The molecule has 0 saturated carbocycles. The molecule has 0 unspecified atom stereocenters. The first-order valence-electron chi connectivity index (χ1n) is 7.57. The number of hydrogen-bond acceptors (Lipinski definition) is 4. The van der Waals surface area contributed by atoms with Gasteiger partial charge in [-0.05, 0) is 23.8 Å². The second-order valence-electron chi connectivity index (χ2n) is 5.60. The average molecular weight is 402 g/mol. The van der Waals surface area contributed by atoms with Crippen LogP contribution in [0.4, 0.5) is 5.69 Å². The average Bonchev–Trinajstić information content (AvgIpc) is 2.93. The summed E-state index contributed by atoms with van der Waals surface area (Å²) in [6.07, 6.45) is 0.370. The summed E-state index contributed by atoms with van der Waals surface area (Å²) in [5, 5.41) is 3.68. The van der Waals surface area contributed by atoms with E-state index in [0.717, 1.165) is 10.0 Å². The van der Waals surface area contributed by atoms with Crippen LogP contribution < -0.4 is 16.8 Å². The molecule has 0 saturated heterocycles. The smallest absolute Gasteiger partial charge is 0.286 e. The van der Waals surface area contributed by atoms with Crippen LogP contribution >= 0.6 is 15.9 Å². The summed E-state index contributed by atoms with van der Waals surface area (Å²) in [6, 6.07) is 14.0. The maximum absolute atomic E-state index is 11.9. The molecule has 0 radical (unpaired) electrons. The molecule has 128 valence electrons. The van der Waals surface area contributed by atoms with E-state index in [4.69, 9.17) is 15.9 Å². The number of carbonyl (C=O) groups excluding carboxylic acids is 2. The fourth-order valence-corrected chi connectivity index (χ4v) is 2.99. The van der Waals surface area contributed by atoms with Crippen molar-refractivity contribution in [3.63, 3.8) is 0 Å². The lowest BCUT2D eigenvalue weighted by atomic mass is 10.0. The van der Waals surface area contributed by atoms with Crippen molar-refractivity contribution in [2.24, 2.45) is 11.5 Å². The molecule has 0 bridgehead atoms. The van der Waals surface area contributed by atoms with E-state index >= 15 is 0 Å². The minimum absolute atomic E-state index is 0.0348. The number of halogens is 1. The summed E-state index contributed by atoms with van der Waals surface area (Å²) in [6.45, 7) is 0. The van der Waals surface area contributed by atoms with Crippen molar-refractivity contribution in [2.75, 3.05) is 5.32 Å². The van der Waals surface area contributed by atoms with Crippen molar-refractivity contribution < 1.29 is 14.0 Å². The highest BCUT2D eigenvalue weighted by atomic mass is 79.9. The molecular weight excluding hydrogens is 386 g/mol. The first-order chi connectivity index (χ1) is 12.0. The fraction of sp³-hybridized carbons (Fsp3) is 0.111. The van der Waals surface area contributed by atoms with Crippen LogP contribution in [0.3, 0.4) is 0 Å². The van der Waals surface area contributed by atoms with Gasteiger partial charge in [0.2, 0.25) is 11.7 Å². The molecule has 6 nitrogen and oxygen atoms in total. The number of amides is 2. The van der Waals surface area contributed by atoms with Crippen LogP contribution in [0.5, 0.6) is 0 Å². The second-order valence-corrected chi connectivity index (χ2v) is 6.52.